The summed E-state index contributed by atoms with van der Waals surface area (Å²) in [6.07, 6.45) is 1.65. The Kier molecular flexibility index (Phi) is 4.19. The average molecular weight is 254 g/mol. The van der Waals surface area contributed by atoms with Crippen molar-refractivity contribution in [1.82, 2.24) is 0 Å². The predicted molar refractivity (Wildman–Crippen MR) is 66.4 cm³/mol. The summed E-state index contributed by atoms with van der Waals surface area (Å²) in [6, 6.07) is 4.59. The van der Waals surface area contributed by atoms with Crippen molar-refractivity contribution in [3.8, 4) is 5.75 Å². The van der Waals surface area contributed by atoms with E-state index < -0.39 is 0 Å². The summed E-state index contributed by atoms with van der Waals surface area (Å²) < 4.78 is 29.7. The minimum Gasteiger partial charge on any atom is -0.490 e. The molecule has 3 atom stereocenters. The number of methoxy groups -OCH3 is 2. The van der Waals surface area contributed by atoms with Gasteiger partial charge >= 0.3 is 0 Å². The Morgan fingerprint density at radius 2 is 1.72 bits per heavy atom. The summed E-state index contributed by atoms with van der Waals surface area (Å²) in [5, 5.41) is 0. The van der Waals surface area contributed by atoms with Gasteiger partial charge in [0.1, 0.15) is 17.7 Å². The van der Waals surface area contributed by atoms with E-state index in [1.807, 2.05) is 6.92 Å². The minimum absolute atomic E-state index is 0.0143. The summed E-state index contributed by atoms with van der Waals surface area (Å²) in [5.41, 5.74) is 0.936. The Morgan fingerprint density at radius 1 is 1.11 bits per heavy atom. The molecule has 1 aromatic carbocycles. The van der Waals surface area contributed by atoms with Gasteiger partial charge in [0.2, 0.25) is 0 Å². The molecule has 1 unspecified atom stereocenters. The molecule has 3 nitrogen and oxygen atoms in total. The Balaban J connectivity index is 2.04. The van der Waals surface area contributed by atoms with E-state index in [1.54, 1.807) is 20.3 Å². The normalized spacial score (nSPS) is 27.4. The van der Waals surface area contributed by atoms with Gasteiger partial charge in [-0.3, -0.25) is 0 Å². The minimum atomic E-state index is -0.278. The van der Waals surface area contributed by atoms with Gasteiger partial charge in [-0.1, -0.05) is 6.07 Å². The van der Waals surface area contributed by atoms with E-state index in [0.717, 1.165) is 18.4 Å². The van der Waals surface area contributed by atoms with E-state index in [4.69, 9.17) is 14.2 Å². The summed E-state index contributed by atoms with van der Waals surface area (Å²) >= 11 is 0. The molecule has 2 rings (SSSR count). The first-order chi connectivity index (χ1) is 8.63. The molecule has 0 saturated heterocycles. The highest BCUT2D eigenvalue weighted by Gasteiger charge is 2.36. The van der Waals surface area contributed by atoms with Crippen molar-refractivity contribution in [2.45, 2.75) is 38.1 Å². The van der Waals surface area contributed by atoms with Gasteiger partial charge in [-0.2, -0.15) is 0 Å². The SMILES string of the molecule is CO[C@H]1CC(Oc2cc(F)ccc2C)C[C@H]1OC. The molecule has 100 valence electrons. The van der Waals surface area contributed by atoms with Gasteiger partial charge in [-0.25, -0.2) is 4.39 Å². The topological polar surface area (TPSA) is 27.7 Å². The van der Waals surface area contributed by atoms with Crippen molar-refractivity contribution in [1.29, 1.82) is 0 Å². The van der Waals surface area contributed by atoms with Crippen molar-refractivity contribution in [3.05, 3.63) is 29.6 Å². The zero-order chi connectivity index (χ0) is 13.1. The van der Waals surface area contributed by atoms with E-state index in [0.29, 0.717) is 5.75 Å². The highest BCUT2D eigenvalue weighted by molar-refractivity contribution is 5.33. The molecule has 0 amide bonds. The van der Waals surface area contributed by atoms with Crippen LogP contribution < -0.4 is 4.74 Å². The van der Waals surface area contributed by atoms with Crippen molar-refractivity contribution in [2.24, 2.45) is 0 Å². The first-order valence-electron chi connectivity index (χ1n) is 6.12. The maximum Gasteiger partial charge on any atom is 0.126 e. The van der Waals surface area contributed by atoms with Crippen LogP contribution in [0.2, 0.25) is 0 Å². The lowest BCUT2D eigenvalue weighted by atomic mass is 10.2. The fourth-order valence-electron chi connectivity index (χ4n) is 2.39. The molecule has 1 saturated carbocycles. The Morgan fingerprint density at radius 3 is 2.28 bits per heavy atom. The number of rotatable bonds is 4. The van der Waals surface area contributed by atoms with Crippen molar-refractivity contribution in [3.63, 3.8) is 0 Å². The molecule has 0 heterocycles. The van der Waals surface area contributed by atoms with Gasteiger partial charge < -0.3 is 14.2 Å². The highest BCUT2D eigenvalue weighted by Crippen LogP contribution is 2.30. The lowest BCUT2D eigenvalue weighted by Crippen LogP contribution is -2.23. The lowest BCUT2D eigenvalue weighted by molar-refractivity contribution is -0.0157. The molecular weight excluding hydrogens is 235 g/mol. The molecule has 0 aliphatic heterocycles. The Hall–Kier alpha value is -1.13. The first kappa shape index (κ1) is 13.3. The number of hydrogen-bond acceptors (Lipinski definition) is 3. The molecule has 1 aromatic rings. The second-order valence-corrected chi connectivity index (χ2v) is 4.67. The molecule has 1 aliphatic rings. The first-order valence-corrected chi connectivity index (χ1v) is 6.12. The van der Waals surface area contributed by atoms with Crippen LogP contribution in [-0.2, 0) is 9.47 Å². The van der Waals surface area contributed by atoms with Crippen molar-refractivity contribution >= 4 is 0 Å². The molecule has 0 radical (unpaired) electrons. The molecule has 18 heavy (non-hydrogen) atoms. The average Bonchev–Trinajstić information content (AvgIpc) is 2.76. The summed E-state index contributed by atoms with van der Waals surface area (Å²) in [5.74, 6) is 0.326. The number of aryl methyl sites for hydroxylation is 1. The van der Waals surface area contributed by atoms with Gasteiger partial charge in [0.25, 0.3) is 0 Å². The molecule has 1 aliphatic carbocycles. The second kappa shape index (κ2) is 5.67. The zero-order valence-corrected chi connectivity index (χ0v) is 11.0. The number of halogens is 1. The fourth-order valence-corrected chi connectivity index (χ4v) is 2.39. The van der Waals surface area contributed by atoms with Gasteiger partial charge in [-0.05, 0) is 18.6 Å². The standard InChI is InChI=1S/C14H19FO3/c1-9-4-5-10(15)6-12(9)18-11-7-13(16-2)14(8-11)17-3/h4-6,11,13-14H,7-8H2,1-3H3/t11?,13-,14+. The largest absolute Gasteiger partial charge is 0.490 e. The third-order valence-corrected chi connectivity index (χ3v) is 3.45. The molecular formula is C14H19FO3. The van der Waals surface area contributed by atoms with Gasteiger partial charge in [0.15, 0.2) is 0 Å². The zero-order valence-electron chi connectivity index (χ0n) is 11.0. The van der Waals surface area contributed by atoms with Gasteiger partial charge in [0, 0.05) is 33.1 Å². The Bertz CT molecular complexity index is 396. The smallest absolute Gasteiger partial charge is 0.126 e. The third-order valence-electron chi connectivity index (χ3n) is 3.45. The van der Waals surface area contributed by atoms with E-state index in [2.05, 4.69) is 0 Å². The molecule has 4 heteroatoms. The van der Waals surface area contributed by atoms with Crippen LogP contribution in [0.15, 0.2) is 18.2 Å². The van der Waals surface area contributed by atoms with Crippen LogP contribution in [-0.4, -0.2) is 32.5 Å². The summed E-state index contributed by atoms with van der Waals surface area (Å²) in [7, 11) is 3.35. The monoisotopic (exact) mass is 254 g/mol. The van der Waals surface area contributed by atoms with Crippen LogP contribution in [0.25, 0.3) is 0 Å². The fraction of sp³-hybridized carbons (Fsp3) is 0.571. The van der Waals surface area contributed by atoms with E-state index in [-0.39, 0.29) is 24.1 Å². The molecule has 1 fully saturated rings. The van der Waals surface area contributed by atoms with Crippen LogP contribution in [0.1, 0.15) is 18.4 Å². The van der Waals surface area contributed by atoms with E-state index >= 15 is 0 Å². The third kappa shape index (κ3) is 2.82. The number of ether oxygens (including phenoxy) is 3. The van der Waals surface area contributed by atoms with E-state index in [9.17, 15) is 4.39 Å². The van der Waals surface area contributed by atoms with Crippen molar-refractivity contribution < 1.29 is 18.6 Å². The number of hydrogen-bond donors (Lipinski definition) is 0. The summed E-state index contributed by atoms with van der Waals surface area (Å²) in [6.45, 7) is 1.91. The van der Waals surface area contributed by atoms with Gasteiger partial charge in [0.05, 0.1) is 12.2 Å². The van der Waals surface area contributed by atoms with Crippen LogP contribution in [0, 0.1) is 12.7 Å². The predicted octanol–water partition coefficient (Wildman–Crippen LogP) is 2.71. The second-order valence-electron chi connectivity index (χ2n) is 4.67. The Labute approximate surface area is 107 Å². The quantitative estimate of drug-likeness (QED) is 0.827. The molecule has 0 aromatic heterocycles. The van der Waals surface area contributed by atoms with Crippen molar-refractivity contribution in [2.75, 3.05) is 14.2 Å². The molecule has 0 spiro atoms. The maximum absolute atomic E-state index is 13.2. The molecule has 0 bridgehead atoms. The van der Waals surface area contributed by atoms with Crippen LogP contribution >= 0.6 is 0 Å². The summed E-state index contributed by atoms with van der Waals surface area (Å²) in [4.78, 5) is 0. The highest BCUT2D eigenvalue weighted by atomic mass is 19.1. The van der Waals surface area contributed by atoms with Crippen LogP contribution in [0.3, 0.4) is 0 Å². The van der Waals surface area contributed by atoms with E-state index in [1.165, 1.54) is 12.1 Å². The van der Waals surface area contributed by atoms with Gasteiger partial charge in [-0.15, -0.1) is 0 Å². The number of benzene rings is 1. The lowest BCUT2D eigenvalue weighted by Gasteiger charge is -2.15. The molecule has 0 N–H and O–H groups in total. The van der Waals surface area contributed by atoms with Crippen LogP contribution in [0.4, 0.5) is 4.39 Å². The van der Waals surface area contributed by atoms with Crippen LogP contribution in [0.5, 0.6) is 5.75 Å². The maximum atomic E-state index is 13.2.